The Bertz CT molecular complexity index is 135. The number of unbranched alkanes of at least 4 members (excludes halogenated alkanes) is 6. The number of rotatable bonds is 10. The van der Waals surface area contributed by atoms with Crippen LogP contribution in [0.2, 0.25) is 0 Å². The maximum atomic E-state index is 2.40. The van der Waals surface area contributed by atoms with Gasteiger partial charge in [0.25, 0.3) is 0 Å². The molecule has 0 aliphatic heterocycles. The van der Waals surface area contributed by atoms with Gasteiger partial charge in [0.05, 0.1) is 0 Å². The summed E-state index contributed by atoms with van der Waals surface area (Å²) in [7, 11) is 0. The monoisotopic (exact) mass is 210 g/mol. The summed E-state index contributed by atoms with van der Waals surface area (Å²) in [5.41, 5.74) is 0. The largest absolute Gasteiger partial charge is 0.0883 e. The van der Waals surface area contributed by atoms with Crippen molar-refractivity contribution in [1.29, 1.82) is 0 Å². The van der Waals surface area contributed by atoms with Crippen LogP contribution in [-0.4, -0.2) is 0 Å². The van der Waals surface area contributed by atoms with Crippen LogP contribution in [-0.2, 0) is 0 Å². The van der Waals surface area contributed by atoms with Crippen molar-refractivity contribution in [2.75, 3.05) is 0 Å². The lowest BCUT2D eigenvalue weighted by molar-refractivity contribution is 0.606. The van der Waals surface area contributed by atoms with Crippen LogP contribution in [0.4, 0.5) is 0 Å². The first-order valence-corrected chi connectivity index (χ1v) is 6.97. The lowest BCUT2D eigenvalue weighted by atomic mass is 10.0. The molecule has 0 radical (unpaired) electrons. The van der Waals surface area contributed by atoms with Gasteiger partial charge < -0.3 is 0 Å². The van der Waals surface area contributed by atoms with Crippen LogP contribution >= 0.6 is 0 Å². The van der Waals surface area contributed by atoms with Crippen LogP contribution in [0.25, 0.3) is 0 Å². The molecule has 0 aromatic rings. The molecule has 0 fully saturated rings. The summed E-state index contributed by atoms with van der Waals surface area (Å²) in [6.45, 7) is 6.86. The molecule has 0 aliphatic rings. The van der Waals surface area contributed by atoms with Crippen molar-refractivity contribution in [3.05, 3.63) is 12.2 Å². The van der Waals surface area contributed by atoms with Gasteiger partial charge in [-0.3, -0.25) is 0 Å². The summed E-state index contributed by atoms with van der Waals surface area (Å²) in [5, 5.41) is 0. The van der Waals surface area contributed by atoms with E-state index >= 15 is 0 Å². The fourth-order valence-corrected chi connectivity index (χ4v) is 1.92. The molecule has 0 heteroatoms. The average molecular weight is 210 g/mol. The Hall–Kier alpha value is -0.260. The maximum absolute atomic E-state index is 2.40. The first-order valence-electron chi connectivity index (χ1n) is 6.97. The van der Waals surface area contributed by atoms with Gasteiger partial charge in [-0.1, -0.05) is 71.4 Å². The Morgan fingerprint density at radius 1 is 0.867 bits per heavy atom. The van der Waals surface area contributed by atoms with E-state index in [9.17, 15) is 0 Å². The van der Waals surface area contributed by atoms with Gasteiger partial charge in [0.2, 0.25) is 0 Å². The van der Waals surface area contributed by atoms with Crippen molar-refractivity contribution >= 4 is 0 Å². The number of allylic oxidation sites excluding steroid dienone is 2. The summed E-state index contributed by atoms with van der Waals surface area (Å²) < 4.78 is 0. The van der Waals surface area contributed by atoms with Crippen LogP contribution in [0.15, 0.2) is 12.2 Å². The predicted octanol–water partition coefficient (Wildman–Crippen LogP) is 5.73. The molecule has 0 rings (SSSR count). The van der Waals surface area contributed by atoms with Crippen molar-refractivity contribution < 1.29 is 0 Å². The maximum Gasteiger partial charge on any atom is -0.0262 e. The third-order valence-electron chi connectivity index (χ3n) is 2.93. The molecule has 0 bridgehead atoms. The second kappa shape index (κ2) is 11.8. The zero-order chi connectivity index (χ0) is 11.4. The Kier molecular flexibility index (Phi) is 11.6. The Morgan fingerprint density at radius 3 is 2.20 bits per heavy atom. The molecular weight excluding hydrogens is 180 g/mol. The van der Waals surface area contributed by atoms with Gasteiger partial charge in [-0.2, -0.15) is 0 Å². The quantitative estimate of drug-likeness (QED) is 0.319. The second-order valence-electron chi connectivity index (χ2n) is 4.75. The molecule has 0 saturated carbocycles. The normalized spacial score (nSPS) is 13.5. The summed E-state index contributed by atoms with van der Waals surface area (Å²) >= 11 is 0. The number of hydrogen-bond donors (Lipinski definition) is 0. The molecule has 0 spiro atoms. The molecule has 0 aromatic carbocycles. The SMILES string of the molecule is CCCCCCCCC=CC(C)CCC. The first-order chi connectivity index (χ1) is 7.31. The highest BCUT2D eigenvalue weighted by Gasteiger charge is 1.93. The van der Waals surface area contributed by atoms with Gasteiger partial charge in [-0.25, -0.2) is 0 Å². The molecule has 1 atom stereocenters. The van der Waals surface area contributed by atoms with Gasteiger partial charge in [-0.15, -0.1) is 0 Å². The van der Waals surface area contributed by atoms with Crippen molar-refractivity contribution in [2.24, 2.45) is 5.92 Å². The van der Waals surface area contributed by atoms with Gasteiger partial charge in [0.15, 0.2) is 0 Å². The fourth-order valence-electron chi connectivity index (χ4n) is 1.92. The van der Waals surface area contributed by atoms with Gasteiger partial charge in [0, 0.05) is 0 Å². The predicted molar refractivity (Wildman–Crippen MR) is 71.2 cm³/mol. The van der Waals surface area contributed by atoms with Crippen molar-refractivity contribution in [1.82, 2.24) is 0 Å². The molecule has 0 aromatic heterocycles. The third-order valence-corrected chi connectivity index (χ3v) is 2.93. The highest BCUT2D eigenvalue weighted by atomic mass is 14.0. The Balaban J connectivity index is 3.15. The van der Waals surface area contributed by atoms with Crippen LogP contribution in [0.1, 0.15) is 78.6 Å². The van der Waals surface area contributed by atoms with E-state index in [4.69, 9.17) is 0 Å². The van der Waals surface area contributed by atoms with Crippen LogP contribution in [0.5, 0.6) is 0 Å². The van der Waals surface area contributed by atoms with E-state index in [0.717, 1.165) is 5.92 Å². The topological polar surface area (TPSA) is 0 Å². The third kappa shape index (κ3) is 11.7. The molecular formula is C15H30. The highest BCUT2D eigenvalue weighted by molar-refractivity contribution is 4.85. The van der Waals surface area contributed by atoms with Crippen molar-refractivity contribution in [3.63, 3.8) is 0 Å². The highest BCUT2D eigenvalue weighted by Crippen LogP contribution is 2.10. The van der Waals surface area contributed by atoms with E-state index < -0.39 is 0 Å². The fraction of sp³-hybridized carbons (Fsp3) is 0.867. The minimum absolute atomic E-state index is 0.787. The van der Waals surface area contributed by atoms with Crippen molar-refractivity contribution in [2.45, 2.75) is 78.6 Å². The first kappa shape index (κ1) is 14.7. The smallest absolute Gasteiger partial charge is 0.0262 e. The molecule has 0 amide bonds. The molecule has 0 nitrogen and oxygen atoms in total. The zero-order valence-corrected chi connectivity index (χ0v) is 11.1. The summed E-state index contributed by atoms with van der Waals surface area (Å²) in [6, 6.07) is 0. The molecule has 0 saturated heterocycles. The lowest BCUT2D eigenvalue weighted by Gasteiger charge is -2.02. The van der Waals surface area contributed by atoms with Gasteiger partial charge >= 0.3 is 0 Å². The molecule has 0 aliphatic carbocycles. The zero-order valence-electron chi connectivity index (χ0n) is 11.1. The number of hydrogen-bond acceptors (Lipinski definition) is 0. The van der Waals surface area contributed by atoms with Crippen LogP contribution in [0, 0.1) is 5.92 Å². The van der Waals surface area contributed by atoms with Gasteiger partial charge in [-0.05, 0) is 25.2 Å². The standard InChI is InChI=1S/C15H30/c1-4-6-7-8-9-10-11-12-14-15(3)13-5-2/h12,14-15H,4-11,13H2,1-3H3. The molecule has 15 heavy (non-hydrogen) atoms. The molecule has 0 heterocycles. The Morgan fingerprint density at radius 2 is 1.53 bits per heavy atom. The minimum atomic E-state index is 0.787. The average Bonchev–Trinajstić information content (AvgIpc) is 2.22. The molecule has 0 N–H and O–H groups in total. The minimum Gasteiger partial charge on any atom is -0.0883 e. The lowest BCUT2D eigenvalue weighted by Crippen LogP contribution is -1.87. The van der Waals surface area contributed by atoms with Gasteiger partial charge in [0.1, 0.15) is 0 Å². The van der Waals surface area contributed by atoms with E-state index in [1.165, 1.54) is 57.8 Å². The van der Waals surface area contributed by atoms with E-state index in [1.54, 1.807) is 0 Å². The Labute approximate surface area is 97.2 Å². The van der Waals surface area contributed by atoms with Crippen LogP contribution in [0.3, 0.4) is 0 Å². The van der Waals surface area contributed by atoms with Crippen molar-refractivity contribution in [3.8, 4) is 0 Å². The second-order valence-corrected chi connectivity index (χ2v) is 4.75. The molecule has 90 valence electrons. The van der Waals surface area contributed by atoms with E-state index in [1.807, 2.05) is 0 Å². The van der Waals surface area contributed by atoms with E-state index in [2.05, 4.69) is 32.9 Å². The van der Waals surface area contributed by atoms with E-state index in [0.29, 0.717) is 0 Å². The molecule has 1 unspecified atom stereocenters. The summed E-state index contributed by atoms with van der Waals surface area (Å²) in [4.78, 5) is 0. The summed E-state index contributed by atoms with van der Waals surface area (Å²) in [6.07, 6.45) is 17.2. The van der Waals surface area contributed by atoms with Crippen LogP contribution < -0.4 is 0 Å². The summed E-state index contributed by atoms with van der Waals surface area (Å²) in [5.74, 6) is 0.787. The van der Waals surface area contributed by atoms with E-state index in [-0.39, 0.29) is 0 Å².